The number of imidazole rings is 1. The second kappa shape index (κ2) is 10.1. The van der Waals surface area contributed by atoms with E-state index in [1.165, 1.54) is 18.7 Å². The molecule has 1 aliphatic rings. The highest BCUT2D eigenvalue weighted by molar-refractivity contribution is 5.79. The van der Waals surface area contributed by atoms with Crippen molar-refractivity contribution in [3.8, 4) is 5.75 Å². The number of rotatable bonds is 7. The molecular formula is C21H30IN3O2. The summed E-state index contributed by atoms with van der Waals surface area (Å²) in [6.45, 7) is 3.61. The molecule has 2 aromatic rings. The Hall–Kier alpha value is -1.57. The van der Waals surface area contributed by atoms with Gasteiger partial charge in [0.05, 0.1) is 20.0 Å². The van der Waals surface area contributed by atoms with Crippen molar-refractivity contribution < 1.29 is 38.4 Å². The van der Waals surface area contributed by atoms with Crippen LogP contribution in [0.25, 0.3) is 0 Å². The largest absolute Gasteiger partial charge is 1.00 e. The van der Waals surface area contributed by atoms with E-state index in [9.17, 15) is 9.90 Å². The summed E-state index contributed by atoms with van der Waals surface area (Å²) in [5.41, 5.74) is 1.75. The van der Waals surface area contributed by atoms with Crippen LogP contribution in [0.5, 0.6) is 5.75 Å². The lowest BCUT2D eigenvalue weighted by Crippen LogP contribution is -3.00. The molecular weight excluding hydrogens is 453 g/mol. The minimum atomic E-state index is -0.0290. The zero-order chi connectivity index (χ0) is 18.5. The van der Waals surface area contributed by atoms with Gasteiger partial charge in [0.2, 0.25) is 5.91 Å². The van der Waals surface area contributed by atoms with Gasteiger partial charge < -0.3 is 34.4 Å². The molecule has 27 heavy (non-hydrogen) atoms. The second-order valence-corrected chi connectivity index (χ2v) is 7.37. The summed E-state index contributed by atoms with van der Waals surface area (Å²) in [5.74, 6) is 1.94. The summed E-state index contributed by atoms with van der Waals surface area (Å²) in [6.07, 6.45) is 9.96. The molecule has 3 rings (SSSR count). The summed E-state index contributed by atoms with van der Waals surface area (Å²) in [4.78, 5) is 12.2. The zero-order valence-corrected chi connectivity index (χ0v) is 18.4. The van der Waals surface area contributed by atoms with E-state index >= 15 is 0 Å². The van der Waals surface area contributed by atoms with Gasteiger partial charge in [-0.15, -0.1) is 0 Å². The topological polar surface area (TPSA) is 58.1 Å². The van der Waals surface area contributed by atoms with Crippen LogP contribution in [-0.4, -0.2) is 22.1 Å². The highest BCUT2D eigenvalue weighted by atomic mass is 127. The first-order chi connectivity index (χ1) is 12.6. The zero-order valence-electron chi connectivity index (χ0n) is 16.2. The van der Waals surface area contributed by atoms with E-state index in [2.05, 4.69) is 27.6 Å². The molecule has 1 saturated carbocycles. The Morgan fingerprint density at radius 1 is 1.33 bits per heavy atom. The molecule has 1 heterocycles. The van der Waals surface area contributed by atoms with Gasteiger partial charge in [-0.3, -0.25) is 4.79 Å². The van der Waals surface area contributed by atoms with Crippen molar-refractivity contribution in [2.45, 2.75) is 57.9 Å². The van der Waals surface area contributed by atoms with Gasteiger partial charge in [0, 0.05) is 25.5 Å². The standard InChI is InChI=1S/C21H29N3O2.HI/c1-16-23(2)13-14-24(16)12-6-11-22-20(25)15-18-9-5-10-19(21(18)26)17-7-3-4-8-17;/h5,9-10,13-14,17H,3-4,6-8,11-12,15H2,1-2H3,(H-,22,25,26);1H. The van der Waals surface area contributed by atoms with Crippen LogP contribution in [0.2, 0.25) is 0 Å². The SMILES string of the molecule is Cc1n(CCCNC(=O)Cc2cccc(C3CCCC3)c2O)cc[n+]1C.[I-]. The number of aryl methyl sites for hydroxylation is 2. The molecule has 0 spiro atoms. The number of phenols is 1. The highest BCUT2D eigenvalue weighted by Crippen LogP contribution is 2.39. The number of hydrogen-bond donors (Lipinski definition) is 2. The first kappa shape index (κ1) is 21.7. The molecule has 0 radical (unpaired) electrons. The van der Waals surface area contributed by atoms with E-state index in [0.29, 0.717) is 18.2 Å². The molecule has 148 valence electrons. The van der Waals surface area contributed by atoms with E-state index < -0.39 is 0 Å². The first-order valence-electron chi connectivity index (χ1n) is 9.65. The van der Waals surface area contributed by atoms with E-state index in [0.717, 1.165) is 36.9 Å². The molecule has 1 aliphatic carbocycles. The van der Waals surface area contributed by atoms with Crippen molar-refractivity contribution in [3.05, 3.63) is 47.5 Å². The van der Waals surface area contributed by atoms with E-state index in [-0.39, 0.29) is 36.3 Å². The maximum atomic E-state index is 12.2. The van der Waals surface area contributed by atoms with Crippen molar-refractivity contribution in [2.75, 3.05) is 6.54 Å². The molecule has 0 aliphatic heterocycles. The predicted molar refractivity (Wildman–Crippen MR) is 101 cm³/mol. The number of amides is 1. The lowest BCUT2D eigenvalue weighted by atomic mass is 9.94. The number of para-hydroxylation sites is 1. The number of halogens is 1. The van der Waals surface area contributed by atoms with Crippen molar-refractivity contribution in [1.82, 2.24) is 9.88 Å². The summed E-state index contributed by atoms with van der Waals surface area (Å²) in [5, 5.41) is 13.5. The molecule has 1 amide bonds. The van der Waals surface area contributed by atoms with Crippen LogP contribution < -0.4 is 33.9 Å². The molecule has 0 saturated heterocycles. The van der Waals surface area contributed by atoms with Crippen LogP contribution in [0.4, 0.5) is 0 Å². The Kier molecular flexibility index (Phi) is 8.13. The number of hydrogen-bond acceptors (Lipinski definition) is 2. The number of carbonyl (C=O) groups excluding carboxylic acids is 1. The smallest absolute Gasteiger partial charge is 0.253 e. The van der Waals surface area contributed by atoms with Gasteiger partial charge in [-0.1, -0.05) is 31.0 Å². The maximum Gasteiger partial charge on any atom is 0.253 e. The van der Waals surface area contributed by atoms with Gasteiger partial charge in [-0.25, -0.2) is 9.13 Å². The van der Waals surface area contributed by atoms with E-state index in [1.54, 1.807) is 0 Å². The fraction of sp³-hybridized carbons (Fsp3) is 0.524. The molecule has 1 aromatic carbocycles. The molecule has 1 aromatic heterocycles. The fourth-order valence-electron chi connectivity index (χ4n) is 3.87. The molecule has 0 unspecified atom stereocenters. The van der Waals surface area contributed by atoms with Gasteiger partial charge in [0.1, 0.15) is 18.1 Å². The molecule has 2 N–H and O–H groups in total. The third-order valence-corrected chi connectivity index (χ3v) is 5.59. The summed E-state index contributed by atoms with van der Waals surface area (Å²) in [7, 11) is 2.03. The van der Waals surface area contributed by atoms with E-state index in [4.69, 9.17) is 0 Å². The monoisotopic (exact) mass is 483 g/mol. The fourth-order valence-corrected chi connectivity index (χ4v) is 3.87. The Morgan fingerprint density at radius 3 is 2.74 bits per heavy atom. The minimum Gasteiger partial charge on any atom is -1.00 e. The number of nitrogens with zero attached hydrogens (tertiary/aromatic N) is 2. The number of benzene rings is 1. The quantitative estimate of drug-likeness (QED) is 0.324. The van der Waals surface area contributed by atoms with Gasteiger partial charge >= 0.3 is 0 Å². The van der Waals surface area contributed by atoms with Crippen LogP contribution in [0.3, 0.4) is 0 Å². The average Bonchev–Trinajstić information content (AvgIpc) is 3.26. The number of nitrogens with one attached hydrogen (secondary N) is 1. The molecule has 5 nitrogen and oxygen atoms in total. The van der Waals surface area contributed by atoms with Crippen LogP contribution in [0.15, 0.2) is 30.6 Å². The molecule has 6 heteroatoms. The van der Waals surface area contributed by atoms with Gasteiger partial charge in [0.25, 0.3) is 5.82 Å². The summed E-state index contributed by atoms with van der Waals surface area (Å²) >= 11 is 0. The lowest BCUT2D eigenvalue weighted by Gasteiger charge is -2.14. The summed E-state index contributed by atoms with van der Waals surface area (Å²) < 4.78 is 4.27. The van der Waals surface area contributed by atoms with Crippen LogP contribution in [-0.2, 0) is 24.8 Å². The lowest BCUT2D eigenvalue weighted by molar-refractivity contribution is -0.677. The van der Waals surface area contributed by atoms with Crippen LogP contribution in [0, 0.1) is 6.92 Å². The van der Waals surface area contributed by atoms with E-state index in [1.807, 2.05) is 31.4 Å². The van der Waals surface area contributed by atoms with Gasteiger partial charge in [-0.05, 0) is 24.3 Å². The third kappa shape index (κ3) is 5.46. The van der Waals surface area contributed by atoms with Crippen molar-refractivity contribution in [3.63, 3.8) is 0 Å². The summed E-state index contributed by atoms with van der Waals surface area (Å²) in [6, 6.07) is 5.83. The number of aromatic hydroxyl groups is 1. The normalized spacial score (nSPS) is 14.1. The van der Waals surface area contributed by atoms with Gasteiger partial charge in [0.15, 0.2) is 0 Å². The van der Waals surface area contributed by atoms with Gasteiger partial charge in [-0.2, -0.15) is 0 Å². The number of carbonyl (C=O) groups is 1. The second-order valence-electron chi connectivity index (χ2n) is 7.37. The minimum absolute atomic E-state index is 0. The Labute approximate surface area is 178 Å². The number of phenolic OH excluding ortho intramolecular Hbond substituents is 1. The average molecular weight is 483 g/mol. The van der Waals surface area contributed by atoms with Crippen LogP contribution in [0.1, 0.15) is 55.0 Å². The highest BCUT2D eigenvalue weighted by Gasteiger charge is 2.21. The van der Waals surface area contributed by atoms with Crippen LogP contribution >= 0.6 is 0 Å². The van der Waals surface area contributed by atoms with Crippen molar-refractivity contribution in [2.24, 2.45) is 7.05 Å². The Balaban J connectivity index is 0.00000261. The molecule has 0 atom stereocenters. The molecule has 0 bridgehead atoms. The first-order valence-corrected chi connectivity index (χ1v) is 9.65. The Bertz CT molecular complexity index is 767. The third-order valence-electron chi connectivity index (χ3n) is 5.59. The molecule has 1 fully saturated rings. The Morgan fingerprint density at radius 2 is 2.07 bits per heavy atom. The number of aromatic nitrogens is 2. The predicted octanol–water partition coefficient (Wildman–Crippen LogP) is -0.263. The van der Waals surface area contributed by atoms with Crippen molar-refractivity contribution in [1.29, 1.82) is 0 Å². The maximum absolute atomic E-state index is 12.2. The van der Waals surface area contributed by atoms with Crippen molar-refractivity contribution >= 4 is 5.91 Å².